The highest BCUT2D eigenvalue weighted by molar-refractivity contribution is 6.30. The van der Waals surface area contributed by atoms with Crippen LogP contribution in [0.5, 0.6) is 0 Å². The zero-order chi connectivity index (χ0) is 14.4. The smallest absolute Gasteiger partial charge is 0.275 e. The van der Waals surface area contributed by atoms with Crippen molar-refractivity contribution >= 4 is 17.5 Å². The Kier molecular flexibility index (Phi) is 5.86. The molecule has 1 saturated heterocycles. The van der Waals surface area contributed by atoms with Gasteiger partial charge in [0.05, 0.1) is 19.1 Å². The van der Waals surface area contributed by atoms with Crippen LogP contribution in [0.4, 0.5) is 0 Å². The molecule has 1 heterocycles. The summed E-state index contributed by atoms with van der Waals surface area (Å²) in [4.78, 5) is 13.5. The third-order valence-electron chi connectivity index (χ3n) is 3.97. The Morgan fingerprint density at radius 3 is 2.40 bits per heavy atom. The predicted octanol–water partition coefficient (Wildman–Crippen LogP) is 1.98. The van der Waals surface area contributed by atoms with Crippen molar-refractivity contribution in [1.29, 1.82) is 0 Å². The van der Waals surface area contributed by atoms with E-state index in [9.17, 15) is 4.79 Å². The molecular weight excluding hydrogens is 272 g/mol. The summed E-state index contributed by atoms with van der Waals surface area (Å²) < 4.78 is 0. The fourth-order valence-electron chi connectivity index (χ4n) is 2.76. The minimum absolute atomic E-state index is 0.0335. The molecule has 0 aromatic heterocycles. The standard InChI is InChI=1S/C16H23ClN2O/c1-13(14-6-8-15(17)9-7-14)18-16(20)12-19-10-4-2-3-5-11-19/h6-9,13H,2-5,10-12H2,1H3,(H,18,20)/p+1/t13-/m1/s1. The number of carbonyl (C=O) groups is 1. The van der Waals surface area contributed by atoms with Crippen LogP contribution in [-0.2, 0) is 4.79 Å². The Labute approximate surface area is 126 Å². The molecule has 20 heavy (non-hydrogen) atoms. The lowest BCUT2D eigenvalue weighted by Crippen LogP contribution is -3.13. The maximum Gasteiger partial charge on any atom is 0.275 e. The molecule has 1 aliphatic heterocycles. The Morgan fingerprint density at radius 1 is 1.20 bits per heavy atom. The van der Waals surface area contributed by atoms with Crippen LogP contribution in [0.1, 0.15) is 44.2 Å². The first kappa shape index (κ1) is 15.3. The van der Waals surface area contributed by atoms with Crippen LogP contribution in [0.25, 0.3) is 0 Å². The van der Waals surface area contributed by atoms with Gasteiger partial charge in [0.25, 0.3) is 5.91 Å². The van der Waals surface area contributed by atoms with Gasteiger partial charge in [-0.1, -0.05) is 23.7 Å². The summed E-state index contributed by atoms with van der Waals surface area (Å²) in [5.74, 6) is 0.143. The zero-order valence-electron chi connectivity index (χ0n) is 12.1. The number of carbonyl (C=O) groups excluding carboxylic acids is 1. The number of amides is 1. The van der Waals surface area contributed by atoms with Gasteiger partial charge in [0.1, 0.15) is 0 Å². The monoisotopic (exact) mass is 295 g/mol. The van der Waals surface area contributed by atoms with Crippen molar-refractivity contribution in [2.24, 2.45) is 0 Å². The molecule has 0 aliphatic carbocycles. The lowest BCUT2D eigenvalue weighted by atomic mass is 10.1. The van der Waals surface area contributed by atoms with Crippen LogP contribution in [0, 0.1) is 0 Å². The first-order valence-corrected chi connectivity index (χ1v) is 7.91. The van der Waals surface area contributed by atoms with Gasteiger partial charge in [-0.2, -0.15) is 0 Å². The largest absolute Gasteiger partial charge is 0.345 e. The lowest BCUT2D eigenvalue weighted by molar-refractivity contribution is -0.891. The van der Waals surface area contributed by atoms with Gasteiger partial charge in [0.2, 0.25) is 0 Å². The van der Waals surface area contributed by atoms with Crippen LogP contribution in [-0.4, -0.2) is 25.5 Å². The topological polar surface area (TPSA) is 33.5 Å². The number of benzene rings is 1. The van der Waals surface area contributed by atoms with E-state index in [4.69, 9.17) is 11.6 Å². The maximum absolute atomic E-state index is 12.1. The van der Waals surface area contributed by atoms with Gasteiger partial charge in [0, 0.05) is 5.02 Å². The third-order valence-corrected chi connectivity index (χ3v) is 4.22. The van der Waals surface area contributed by atoms with Crippen LogP contribution in [0.2, 0.25) is 5.02 Å². The van der Waals surface area contributed by atoms with E-state index in [2.05, 4.69) is 5.32 Å². The number of quaternary nitrogens is 1. The Bertz CT molecular complexity index is 425. The van der Waals surface area contributed by atoms with Crippen molar-refractivity contribution in [1.82, 2.24) is 5.32 Å². The number of nitrogens with one attached hydrogen (secondary N) is 2. The molecule has 2 rings (SSSR count). The quantitative estimate of drug-likeness (QED) is 0.875. The van der Waals surface area contributed by atoms with E-state index in [0.29, 0.717) is 6.54 Å². The van der Waals surface area contributed by atoms with Crippen LogP contribution in [0.3, 0.4) is 0 Å². The normalized spacial score (nSPS) is 18.3. The summed E-state index contributed by atoms with van der Waals surface area (Å²) in [5, 5.41) is 3.80. The van der Waals surface area contributed by atoms with Gasteiger partial charge in [0.15, 0.2) is 6.54 Å². The molecule has 0 spiro atoms. The summed E-state index contributed by atoms with van der Waals surface area (Å²) >= 11 is 5.88. The van der Waals surface area contributed by atoms with Gasteiger partial charge in [-0.25, -0.2) is 0 Å². The molecule has 0 radical (unpaired) electrons. The second kappa shape index (κ2) is 7.65. The fraction of sp³-hybridized carbons (Fsp3) is 0.562. The van der Waals surface area contributed by atoms with Crippen LogP contribution < -0.4 is 10.2 Å². The molecule has 110 valence electrons. The first-order valence-electron chi connectivity index (χ1n) is 7.53. The van der Waals surface area contributed by atoms with Crippen molar-refractivity contribution in [2.75, 3.05) is 19.6 Å². The van der Waals surface area contributed by atoms with E-state index >= 15 is 0 Å². The van der Waals surface area contributed by atoms with Crippen LogP contribution in [0.15, 0.2) is 24.3 Å². The molecule has 4 heteroatoms. The van der Waals surface area contributed by atoms with Gasteiger partial charge in [-0.3, -0.25) is 4.79 Å². The molecule has 1 aromatic rings. The minimum Gasteiger partial charge on any atom is -0.345 e. The van der Waals surface area contributed by atoms with E-state index in [-0.39, 0.29) is 11.9 Å². The maximum atomic E-state index is 12.1. The summed E-state index contributed by atoms with van der Waals surface area (Å²) in [7, 11) is 0. The average Bonchev–Trinajstić information content (AvgIpc) is 2.68. The van der Waals surface area contributed by atoms with Crippen molar-refractivity contribution < 1.29 is 9.69 Å². The van der Waals surface area contributed by atoms with E-state index in [1.54, 1.807) is 0 Å². The fourth-order valence-corrected chi connectivity index (χ4v) is 2.89. The summed E-state index contributed by atoms with van der Waals surface area (Å²) in [6, 6.07) is 7.68. The van der Waals surface area contributed by atoms with E-state index in [0.717, 1.165) is 23.7 Å². The highest BCUT2D eigenvalue weighted by Gasteiger charge is 2.17. The number of hydrogen-bond acceptors (Lipinski definition) is 1. The Hall–Kier alpha value is -1.06. The summed E-state index contributed by atoms with van der Waals surface area (Å²) in [6.45, 7) is 4.86. The molecule has 2 N–H and O–H groups in total. The van der Waals surface area contributed by atoms with E-state index < -0.39 is 0 Å². The first-order chi connectivity index (χ1) is 9.65. The minimum atomic E-state index is 0.0335. The van der Waals surface area contributed by atoms with Crippen molar-refractivity contribution in [2.45, 2.75) is 38.6 Å². The van der Waals surface area contributed by atoms with Gasteiger partial charge in [-0.05, 0) is 50.3 Å². The van der Waals surface area contributed by atoms with Gasteiger partial charge < -0.3 is 10.2 Å². The van der Waals surface area contributed by atoms with Crippen molar-refractivity contribution in [3.63, 3.8) is 0 Å². The molecule has 3 nitrogen and oxygen atoms in total. The van der Waals surface area contributed by atoms with Crippen molar-refractivity contribution in [3.05, 3.63) is 34.9 Å². The predicted molar refractivity (Wildman–Crippen MR) is 82.0 cm³/mol. The van der Waals surface area contributed by atoms with E-state index in [1.807, 2.05) is 31.2 Å². The Balaban J connectivity index is 1.82. The number of hydrogen-bond donors (Lipinski definition) is 2. The highest BCUT2D eigenvalue weighted by atomic mass is 35.5. The van der Waals surface area contributed by atoms with E-state index in [1.165, 1.54) is 30.6 Å². The molecule has 1 atom stereocenters. The Morgan fingerprint density at radius 2 is 1.80 bits per heavy atom. The molecule has 0 saturated carbocycles. The second-order valence-corrected chi connectivity index (χ2v) is 6.12. The molecule has 1 amide bonds. The molecule has 1 aromatic carbocycles. The summed E-state index contributed by atoms with van der Waals surface area (Å²) in [5.41, 5.74) is 1.09. The SMILES string of the molecule is C[C@@H](NC(=O)C[NH+]1CCCCCC1)c1ccc(Cl)cc1. The number of halogens is 1. The number of likely N-dealkylation sites (tertiary alicyclic amines) is 1. The van der Waals surface area contributed by atoms with Gasteiger partial charge in [-0.15, -0.1) is 0 Å². The molecule has 1 aliphatic rings. The van der Waals surface area contributed by atoms with Gasteiger partial charge >= 0.3 is 0 Å². The third kappa shape index (κ3) is 4.80. The van der Waals surface area contributed by atoms with Crippen molar-refractivity contribution in [3.8, 4) is 0 Å². The molecular formula is C16H24ClN2O+. The molecule has 0 bridgehead atoms. The second-order valence-electron chi connectivity index (χ2n) is 5.68. The molecule has 1 fully saturated rings. The average molecular weight is 296 g/mol. The lowest BCUT2D eigenvalue weighted by Gasteiger charge is -2.19. The summed E-state index contributed by atoms with van der Waals surface area (Å²) in [6.07, 6.45) is 5.11. The van der Waals surface area contributed by atoms with Crippen LogP contribution >= 0.6 is 11.6 Å². The molecule has 0 unspecified atom stereocenters. The zero-order valence-corrected chi connectivity index (χ0v) is 12.9. The number of rotatable bonds is 4. The highest BCUT2D eigenvalue weighted by Crippen LogP contribution is 2.15.